The summed E-state index contributed by atoms with van der Waals surface area (Å²) >= 11 is 0. The molecule has 1 atom stereocenters. The molecule has 3 N–H and O–H groups in total. The van der Waals surface area contributed by atoms with Crippen LogP contribution in [0.25, 0.3) is 5.65 Å². The quantitative estimate of drug-likeness (QED) is 0.440. The van der Waals surface area contributed by atoms with Crippen LogP contribution in [0.5, 0.6) is 5.75 Å². The van der Waals surface area contributed by atoms with E-state index in [0.717, 1.165) is 36.3 Å². The first-order valence-corrected chi connectivity index (χ1v) is 11.1. The van der Waals surface area contributed by atoms with Crippen molar-refractivity contribution in [3.63, 3.8) is 0 Å². The van der Waals surface area contributed by atoms with E-state index in [9.17, 15) is 4.79 Å². The highest BCUT2D eigenvalue weighted by molar-refractivity contribution is 6.05. The molecule has 0 spiro atoms. The molecule has 3 aromatic rings. The number of amides is 1. The van der Waals surface area contributed by atoms with Crippen LogP contribution in [0.4, 0.5) is 5.69 Å². The van der Waals surface area contributed by atoms with Gasteiger partial charge in [-0.05, 0) is 44.0 Å². The fraction of sp³-hybridized carbons (Fsp3) is 0.375. The van der Waals surface area contributed by atoms with E-state index in [0.29, 0.717) is 36.8 Å². The number of ether oxygens (including phenoxy) is 1. The minimum atomic E-state index is 0.0393. The van der Waals surface area contributed by atoms with Crippen molar-refractivity contribution < 1.29 is 9.53 Å². The van der Waals surface area contributed by atoms with E-state index in [1.54, 1.807) is 6.20 Å². The van der Waals surface area contributed by atoms with Gasteiger partial charge in [-0.15, -0.1) is 0 Å². The minimum Gasteiger partial charge on any atom is -0.492 e. The maximum Gasteiger partial charge on any atom is 0.254 e. The molecule has 0 bridgehead atoms. The van der Waals surface area contributed by atoms with Gasteiger partial charge in [-0.25, -0.2) is 4.98 Å². The Bertz CT molecular complexity index is 1120. The Morgan fingerprint density at radius 3 is 3.03 bits per heavy atom. The highest BCUT2D eigenvalue weighted by Gasteiger charge is 2.26. The summed E-state index contributed by atoms with van der Waals surface area (Å²) in [5.41, 5.74) is 9.33. The molecule has 1 saturated heterocycles. The Kier molecular flexibility index (Phi) is 6.58. The molecule has 0 radical (unpaired) electrons. The number of amidine groups is 1. The molecule has 0 saturated carbocycles. The van der Waals surface area contributed by atoms with E-state index >= 15 is 0 Å². The topological polar surface area (TPSA) is 97.2 Å². The van der Waals surface area contributed by atoms with E-state index < -0.39 is 0 Å². The number of carbonyl (C=O) groups excluding carboxylic acids is 1. The molecular weight excluding hydrogens is 404 g/mol. The molecule has 1 aromatic carbocycles. The molecule has 8 heteroatoms. The summed E-state index contributed by atoms with van der Waals surface area (Å²) in [6.07, 6.45) is 7.44. The maximum atomic E-state index is 13.1. The molecule has 168 valence electrons. The van der Waals surface area contributed by atoms with Crippen molar-refractivity contribution in [1.82, 2.24) is 14.3 Å². The van der Waals surface area contributed by atoms with Crippen LogP contribution in [0.1, 0.15) is 35.7 Å². The van der Waals surface area contributed by atoms with Crippen LogP contribution in [0.15, 0.2) is 53.9 Å². The Morgan fingerprint density at radius 1 is 1.34 bits per heavy atom. The zero-order valence-electron chi connectivity index (χ0n) is 18.6. The summed E-state index contributed by atoms with van der Waals surface area (Å²) < 4.78 is 8.11. The van der Waals surface area contributed by atoms with E-state index in [2.05, 4.69) is 15.3 Å². The Balaban J connectivity index is 1.45. The first kappa shape index (κ1) is 21.7. The number of benzene rings is 1. The number of likely N-dealkylation sites (tertiary alicyclic amines) is 1. The lowest BCUT2D eigenvalue weighted by Crippen LogP contribution is -2.41. The van der Waals surface area contributed by atoms with Crippen LogP contribution < -0.4 is 15.8 Å². The smallest absolute Gasteiger partial charge is 0.254 e. The normalized spacial score (nSPS) is 16.9. The van der Waals surface area contributed by atoms with Gasteiger partial charge in [0.25, 0.3) is 5.91 Å². The van der Waals surface area contributed by atoms with Crippen molar-refractivity contribution in [2.75, 3.05) is 38.6 Å². The van der Waals surface area contributed by atoms with Crippen LogP contribution in [0, 0.1) is 5.92 Å². The average molecular weight is 435 g/mol. The summed E-state index contributed by atoms with van der Waals surface area (Å²) in [5, 5.41) is 3.16. The largest absolute Gasteiger partial charge is 0.492 e. The first-order valence-electron chi connectivity index (χ1n) is 11.1. The Labute approximate surface area is 188 Å². The second-order valence-corrected chi connectivity index (χ2v) is 7.97. The molecule has 0 unspecified atom stereocenters. The Hall–Kier alpha value is -3.55. The third-order valence-electron chi connectivity index (χ3n) is 5.81. The van der Waals surface area contributed by atoms with Gasteiger partial charge in [0.05, 0.1) is 12.2 Å². The average Bonchev–Trinajstić information content (AvgIpc) is 3.30. The maximum absolute atomic E-state index is 13.1. The summed E-state index contributed by atoms with van der Waals surface area (Å²) in [6.45, 7) is 4.49. The molecular formula is C24H30N6O2. The number of fused-ring (bicyclic) bond motifs is 1. The molecule has 2 aromatic heterocycles. The number of carbonyl (C=O) groups is 1. The van der Waals surface area contributed by atoms with E-state index in [1.807, 2.05) is 66.0 Å². The summed E-state index contributed by atoms with van der Waals surface area (Å²) in [5.74, 6) is 1.46. The lowest BCUT2D eigenvalue weighted by Gasteiger charge is -2.33. The fourth-order valence-corrected chi connectivity index (χ4v) is 4.19. The molecule has 1 amide bonds. The lowest BCUT2D eigenvalue weighted by atomic mass is 9.98. The highest BCUT2D eigenvalue weighted by atomic mass is 16.5. The number of rotatable bonds is 7. The van der Waals surface area contributed by atoms with Crippen LogP contribution in [-0.4, -0.2) is 59.3 Å². The van der Waals surface area contributed by atoms with Crippen LogP contribution >= 0.6 is 0 Å². The minimum absolute atomic E-state index is 0.0393. The number of nitrogens with one attached hydrogen (secondary N) is 1. The van der Waals surface area contributed by atoms with Gasteiger partial charge >= 0.3 is 0 Å². The van der Waals surface area contributed by atoms with Crippen molar-refractivity contribution >= 4 is 23.1 Å². The Morgan fingerprint density at radius 2 is 2.22 bits per heavy atom. The first-order chi connectivity index (χ1) is 15.6. The molecule has 0 aliphatic carbocycles. The summed E-state index contributed by atoms with van der Waals surface area (Å²) in [6, 6.07) is 9.50. The van der Waals surface area contributed by atoms with Crippen LogP contribution in [0.3, 0.4) is 0 Å². The molecule has 4 rings (SSSR count). The van der Waals surface area contributed by atoms with Gasteiger partial charge in [0, 0.05) is 62.4 Å². The van der Waals surface area contributed by atoms with Crippen molar-refractivity contribution in [2.24, 2.45) is 16.6 Å². The summed E-state index contributed by atoms with van der Waals surface area (Å²) in [4.78, 5) is 23.7. The fourth-order valence-electron chi connectivity index (χ4n) is 4.19. The van der Waals surface area contributed by atoms with Gasteiger partial charge in [-0.1, -0.05) is 6.07 Å². The number of pyridine rings is 1. The zero-order chi connectivity index (χ0) is 22.5. The molecule has 1 fully saturated rings. The SMILES string of the molecule is CC/N=C(/N)c1c(NC)cccc1OC[C@H]1CCCN(C(=O)c2ccn3ccnc3c2)C1. The molecule has 32 heavy (non-hydrogen) atoms. The number of hydrogen-bond acceptors (Lipinski definition) is 5. The van der Waals surface area contributed by atoms with Gasteiger partial charge in [0.1, 0.15) is 17.2 Å². The van der Waals surface area contributed by atoms with Gasteiger partial charge in [0.15, 0.2) is 0 Å². The van der Waals surface area contributed by atoms with Crippen molar-refractivity contribution in [3.05, 3.63) is 60.0 Å². The van der Waals surface area contributed by atoms with Gasteiger partial charge in [-0.3, -0.25) is 9.79 Å². The van der Waals surface area contributed by atoms with Gasteiger partial charge < -0.3 is 25.1 Å². The number of anilines is 1. The lowest BCUT2D eigenvalue weighted by molar-refractivity contribution is 0.0633. The zero-order valence-corrected chi connectivity index (χ0v) is 18.6. The number of aromatic nitrogens is 2. The van der Waals surface area contributed by atoms with Crippen molar-refractivity contribution in [1.29, 1.82) is 0 Å². The van der Waals surface area contributed by atoms with Gasteiger partial charge in [-0.2, -0.15) is 0 Å². The number of imidazole rings is 1. The standard InChI is InChI=1S/C24H30N6O2/c1-3-27-23(25)22-19(26-2)7-4-8-20(22)32-16-17-6-5-11-30(15-17)24(31)18-9-12-29-13-10-28-21(29)14-18/h4,7-10,12-14,17,26H,3,5-6,11,15-16H2,1-2H3,(H2,25,27)/t17-/m0/s1. The van der Waals surface area contributed by atoms with Crippen molar-refractivity contribution in [3.8, 4) is 5.75 Å². The number of hydrogen-bond donors (Lipinski definition) is 2. The monoisotopic (exact) mass is 434 g/mol. The molecule has 8 nitrogen and oxygen atoms in total. The highest BCUT2D eigenvalue weighted by Crippen LogP contribution is 2.28. The molecule has 3 heterocycles. The second-order valence-electron chi connectivity index (χ2n) is 7.97. The number of nitrogens with two attached hydrogens (primary N) is 1. The van der Waals surface area contributed by atoms with E-state index in [-0.39, 0.29) is 11.8 Å². The van der Waals surface area contributed by atoms with Crippen LogP contribution in [-0.2, 0) is 0 Å². The third-order valence-corrected chi connectivity index (χ3v) is 5.81. The number of aliphatic imine (C=N–C) groups is 1. The second kappa shape index (κ2) is 9.72. The van der Waals surface area contributed by atoms with Gasteiger partial charge in [0.2, 0.25) is 0 Å². The predicted molar refractivity (Wildman–Crippen MR) is 127 cm³/mol. The number of piperidine rings is 1. The molecule has 1 aliphatic rings. The van der Waals surface area contributed by atoms with Crippen LogP contribution in [0.2, 0.25) is 0 Å². The summed E-state index contributed by atoms with van der Waals surface area (Å²) in [7, 11) is 1.85. The third kappa shape index (κ3) is 4.54. The molecule has 1 aliphatic heterocycles. The van der Waals surface area contributed by atoms with Crippen molar-refractivity contribution in [2.45, 2.75) is 19.8 Å². The predicted octanol–water partition coefficient (Wildman–Crippen LogP) is 3.03. The number of nitrogens with zero attached hydrogens (tertiary/aromatic N) is 4. The van der Waals surface area contributed by atoms with E-state index in [1.165, 1.54) is 0 Å². The van der Waals surface area contributed by atoms with E-state index in [4.69, 9.17) is 10.5 Å².